The second-order valence-electron chi connectivity index (χ2n) is 3.38. The summed E-state index contributed by atoms with van der Waals surface area (Å²) in [6, 6.07) is 8.27. The zero-order chi connectivity index (χ0) is 10.7. The van der Waals surface area contributed by atoms with Gasteiger partial charge in [-0.2, -0.15) is 5.10 Å². The van der Waals surface area contributed by atoms with Gasteiger partial charge < -0.3 is 5.32 Å². The molecule has 1 N–H and O–H groups in total. The quantitative estimate of drug-likeness (QED) is 0.925. The smallest absolute Gasteiger partial charge is 0.0729 e. The van der Waals surface area contributed by atoms with E-state index in [0.717, 1.165) is 16.7 Å². The van der Waals surface area contributed by atoms with Crippen LogP contribution in [-0.4, -0.2) is 9.78 Å². The van der Waals surface area contributed by atoms with E-state index in [1.165, 1.54) is 5.56 Å². The molecule has 0 aliphatic heterocycles. The molecule has 15 heavy (non-hydrogen) atoms. The van der Waals surface area contributed by atoms with Crippen LogP contribution in [-0.2, 0) is 13.6 Å². The zero-order valence-corrected chi connectivity index (χ0v) is 10.0. The van der Waals surface area contributed by atoms with E-state index in [-0.39, 0.29) is 0 Å². The van der Waals surface area contributed by atoms with E-state index < -0.39 is 0 Å². The normalized spacial score (nSPS) is 10.3. The van der Waals surface area contributed by atoms with Crippen molar-refractivity contribution in [3.8, 4) is 0 Å². The first-order valence-corrected chi connectivity index (χ1v) is 5.50. The van der Waals surface area contributed by atoms with Gasteiger partial charge in [-0.25, -0.2) is 0 Å². The van der Waals surface area contributed by atoms with Gasteiger partial charge in [0.2, 0.25) is 0 Å². The Balaban J connectivity index is 1.96. The molecule has 2 rings (SSSR count). The third kappa shape index (κ3) is 2.83. The molecule has 0 amide bonds. The summed E-state index contributed by atoms with van der Waals surface area (Å²) in [7, 11) is 1.91. The van der Waals surface area contributed by atoms with E-state index in [1.807, 2.05) is 31.6 Å². The minimum Gasteiger partial charge on any atom is -0.378 e. The summed E-state index contributed by atoms with van der Waals surface area (Å²) in [5.41, 5.74) is 2.29. The summed E-state index contributed by atoms with van der Waals surface area (Å²) in [6.07, 6.45) is 3.78. The molecule has 0 unspecified atom stereocenters. The molecular formula is C11H12BrN3. The number of aryl methyl sites for hydroxylation is 1. The van der Waals surface area contributed by atoms with Gasteiger partial charge in [0, 0.05) is 24.3 Å². The fraction of sp³-hybridized carbons (Fsp3) is 0.182. The van der Waals surface area contributed by atoms with Crippen molar-refractivity contribution >= 4 is 21.6 Å². The number of halogens is 1. The van der Waals surface area contributed by atoms with Crippen molar-refractivity contribution in [2.75, 3.05) is 5.32 Å². The van der Waals surface area contributed by atoms with Crippen LogP contribution in [0.25, 0.3) is 0 Å². The average Bonchev–Trinajstić information content (AvgIpc) is 2.64. The number of nitrogens with zero attached hydrogens (tertiary/aromatic N) is 2. The number of benzene rings is 1. The van der Waals surface area contributed by atoms with Gasteiger partial charge in [0.15, 0.2) is 0 Å². The Labute approximate surface area is 97.2 Å². The van der Waals surface area contributed by atoms with E-state index in [4.69, 9.17) is 0 Å². The molecule has 0 saturated carbocycles. The van der Waals surface area contributed by atoms with Crippen molar-refractivity contribution in [3.63, 3.8) is 0 Å². The first kappa shape index (κ1) is 10.2. The Morgan fingerprint density at radius 3 is 2.67 bits per heavy atom. The van der Waals surface area contributed by atoms with E-state index in [0.29, 0.717) is 0 Å². The van der Waals surface area contributed by atoms with Crippen LogP contribution in [0.5, 0.6) is 0 Å². The molecule has 78 valence electrons. The SMILES string of the molecule is Cn1cc(NCc2ccc(Br)cc2)cn1. The Bertz CT molecular complexity index is 433. The van der Waals surface area contributed by atoms with Crippen LogP contribution in [0.2, 0.25) is 0 Å². The van der Waals surface area contributed by atoms with Crippen LogP contribution >= 0.6 is 15.9 Å². The summed E-state index contributed by atoms with van der Waals surface area (Å²) < 4.78 is 2.89. The van der Waals surface area contributed by atoms with Crippen molar-refractivity contribution in [1.29, 1.82) is 0 Å². The Kier molecular flexibility index (Phi) is 3.06. The predicted molar refractivity (Wildman–Crippen MR) is 64.7 cm³/mol. The minimum absolute atomic E-state index is 0.818. The first-order chi connectivity index (χ1) is 7.24. The van der Waals surface area contributed by atoms with Gasteiger partial charge >= 0.3 is 0 Å². The lowest BCUT2D eigenvalue weighted by atomic mass is 10.2. The predicted octanol–water partition coefficient (Wildman–Crippen LogP) is 2.79. The molecule has 1 heterocycles. The zero-order valence-electron chi connectivity index (χ0n) is 8.44. The lowest BCUT2D eigenvalue weighted by Crippen LogP contribution is -1.97. The van der Waals surface area contributed by atoms with Gasteiger partial charge in [0.1, 0.15) is 0 Å². The number of hydrogen-bond acceptors (Lipinski definition) is 2. The monoisotopic (exact) mass is 265 g/mol. The fourth-order valence-corrected chi connectivity index (χ4v) is 1.58. The van der Waals surface area contributed by atoms with Gasteiger partial charge in [-0.05, 0) is 17.7 Å². The molecule has 0 aliphatic carbocycles. The van der Waals surface area contributed by atoms with Gasteiger partial charge in [-0.1, -0.05) is 28.1 Å². The number of anilines is 1. The largest absolute Gasteiger partial charge is 0.378 e. The third-order valence-electron chi connectivity index (χ3n) is 2.11. The molecule has 0 spiro atoms. The Hall–Kier alpha value is -1.29. The first-order valence-electron chi connectivity index (χ1n) is 4.71. The van der Waals surface area contributed by atoms with Crippen molar-refractivity contribution in [2.45, 2.75) is 6.54 Å². The second kappa shape index (κ2) is 4.49. The second-order valence-corrected chi connectivity index (χ2v) is 4.30. The summed E-state index contributed by atoms with van der Waals surface area (Å²) in [5, 5.41) is 7.39. The van der Waals surface area contributed by atoms with Gasteiger partial charge in [-0.3, -0.25) is 4.68 Å². The van der Waals surface area contributed by atoms with Crippen LogP contribution < -0.4 is 5.32 Å². The molecule has 3 nitrogen and oxygen atoms in total. The lowest BCUT2D eigenvalue weighted by molar-refractivity contribution is 0.768. The van der Waals surface area contributed by atoms with Crippen LogP contribution in [0.15, 0.2) is 41.1 Å². The average molecular weight is 266 g/mol. The van der Waals surface area contributed by atoms with Crippen molar-refractivity contribution in [2.24, 2.45) is 7.05 Å². The Morgan fingerprint density at radius 2 is 2.07 bits per heavy atom. The standard InChI is InChI=1S/C11H12BrN3/c1-15-8-11(7-14-15)13-6-9-2-4-10(12)5-3-9/h2-5,7-8,13H,6H2,1H3. The molecule has 0 aliphatic rings. The number of aromatic nitrogens is 2. The molecule has 1 aromatic carbocycles. The molecule has 4 heteroatoms. The summed E-state index contributed by atoms with van der Waals surface area (Å²) in [6.45, 7) is 0.818. The highest BCUT2D eigenvalue weighted by molar-refractivity contribution is 9.10. The third-order valence-corrected chi connectivity index (χ3v) is 2.64. The van der Waals surface area contributed by atoms with Crippen LogP contribution in [0.3, 0.4) is 0 Å². The topological polar surface area (TPSA) is 29.9 Å². The van der Waals surface area contributed by atoms with Crippen LogP contribution in [0, 0.1) is 0 Å². The van der Waals surface area contributed by atoms with Crippen molar-refractivity contribution < 1.29 is 0 Å². The summed E-state index contributed by atoms with van der Waals surface area (Å²) in [5.74, 6) is 0. The molecule has 0 atom stereocenters. The summed E-state index contributed by atoms with van der Waals surface area (Å²) >= 11 is 3.41. The van der Waals surface area contributed by atoms with Crippen LogP contribution in [0.1, 0.15) is 5.56 Å². The lowest BCUT2D eigenvalue weighted by Gasteiger charge is -2.03. The van der Waals surface area contributed by atoms with Crippen LogP contribution in [0.4, 0.5) is 5.69 Å². The van der Waals surface area contributed by atoms with Crippen molar-refractivity contribution in [1.82, 2.24) is 9.78 Å². The molecule has 0 bridgehead atoms. The van der Waals surface area contributed by atoms with E-state index in [2.05, 4.69) is 38.5 Å². The van der Waals surface area contributed by atoms with E-state index in [9.17, 15) is 0 Å². The van der Waals surface area contributed by atoms with Gasteiger partial charge in [-0.15, -0.1) is 0 Å². The highest BCUT2D eigenvalue weighted by atomic mass is 79.9. The highest BCUT2D eigenvalue weighted by Gasteiger charge is 1.96. The fourth-order valence-electron chi connectivity index (χ4n) is 1.32. The minimum atomic E-state index is 0.818. The molecule has 1 aromatic heterocycles. The molecular weight excluding hydrogens is 254 g/mol. The van der Waals surface area contributed by atoms with E-state index in [1.54, 1.807) is 4.68 Å². The van der Waals surface area contributed by atoms with E-state index >= 15 is 0 Å². The molecule has 0 radical (unpaired) electrons. The number of rotatable bonds is 3. The number of nitrogens with one attached hydrogen (secondary N) is 1. The Morgan fingerprint density at radius 1 is 1.33 bits per heavy atom. The maximum Gasteiger partial charge on any atom is 0.0729 e. The highest BCUT2D eigenvalue weighted by Crippen LogP contribution is 2.12. The van der Waals surface area contributed by atoms with Crippen molar-refractivity contribution in [3.05, 3.63) is 46.7 Å². The van der Waals surface area contributed by atoms with Gasteiger partial charge in [0.05, 0.1) is 11.9 Å². The molecule has 0 fully saturated rings. The maximum atomic E-state index is 4.09. The van der Waals surface area contributed by atoms with Gasteiger partial charge in [0.25, 0.3) is 0 Å². The molecule has 2 aromatic rings. The number of hydrogen-bond donors (Lipinski definition) is 1. The summed E-state index contributed by atoms with van der Waals surface area (Å²) in [4.78, 5) is 0. The molecule has 0 saturated heterocycles. The maximum absolute atomic E-state index is 4.09.